The SMILES string of the molecule is [CH2]c1cccc(B(O)c2cc(F)c(F)c(F)c2)c1. The summed E-state index contributed by atoms with van der Waals surface area (Å²) >= 11 is 0. The summed E-state index contributed by atoms with van der Waals surface area (Å²) in [7, 11) is 0. The van der Waals surface area contributed by atoms with Gasteiger partial charge in [0.25, 0.3) is 0 Å². The summed E-state index contributed by atoms with van der Waals surface area (Å²) in [6.07, 6.45) is 0. The first-order valence-electron chi connectivity index (χ1n) is 5.23. The van der Waals surface area contributed by atoms with Crippen LogP contribution >= 0.6 is 0 Å². The molecule has 0 spiro atoms. The lowest BCUT2D eigenvalue weighted by molar-refractivity contribution is 0.448. The van der Waals surface area contributed by atoms with Gasteiger partial charge in [0.15, 0.2) is 17.5 Å². The van der Waals surface area contributed by atoms with Gasteiger partial charge in [-0.2, -0.15) is 0 Å². The number of hydrogen-bond acceptors (Lipinski definition) is 1. The third-order valence-corrected chi connectivity index (χ3v) is 2.59. The summed E-state index contributed by atoms with van der Waals surface area (Å²) < 4.78 is 38.9. The van der Waals surface area contributed by atoms with Crippen molar-refractivity contribution >= 4 is 17.8 Å². The van der Waals surface area contributed by atoms with Crippen LogP contribution in [0.25, 0.3) is 0 Å². The minimum Gasteiger partial charge on any atom is -0.443 e. The molecule has 0 unspecified atom stereocenters. The van der Waals surface area contributed by atoms with Gasteiger partial charge in [-0.15, -0.1) is 0 Å². The lowest BCUT2D eigenvalue weighted by atomic mass is 9.56. The smallest absolute Gasteiger partial charge is 0.359 e. The van der Waals surface area contributed by atoms with Crippen LogP contribution in [-0.2, 0) is 0 Å². The lowest BCUT2D eigenvalue weighted by Gasteiger charge is -2.09. The van der Waals surface area contributed by atoms with Crippen LogP contribution in [0.5, 0.6) is 0 Å². The van der Waals surface area contributed by atoms with Gasteiger partial charge >= 0.3 is 6.92 Å². The van der Waals surface area contributed by atoms with Gasteiger partial charge in [-0.05, 0) is 35.5 Å². The second-order valence-corrected chi connectivity index (χ2v) is 3.95. The Morgan fingerprint density at radius 3 is 2.11 bits per heavy atom. The predicted octanol–water partition coefficient (Wildman–Crippen LogP) is 1.38. The molecule has 2 aromatic rings. The van der Waals surface area contributed by atoms with E-state index < -0.39 is 24.4 Å². The van der Waals surface area contributed by atoms with Crippen LogP contribution < -0.4 is 10.9 Å². The van der Waals surface area contributed by atoms with Crippen molar-refractivity contribution in [2.75, 3.05) is 0 Å². The second kappa shape index (κ2) is 4.86. The minimum absolute atomic E-state index is 0.0444. The fraction of sp³-hybridized carbons (Fsp3) is 0. The molecule has 0 heterocycles. The molecule has 2 rings (SSSR count). The molecule has 0 aliphatic heterocycles. The molecule has 1 nitrogen and oxygen atoms in total. The van der Waals surface area contributed by atoms with Crippen molar-refractivity contribution < 1.29 is 18.2 Å². The number of halogens is 3. The molecule has 0 saturated heterocycles. The Kier molecular flexibility index (Phi) is 3.43. The molecule has 0 fully saturated rings. The van der Waals surface area contributed by atoms with E-state index in [0.717, 1.165) is 12.1 Å². The molecule has 0 aliphatic carbocycles. The topological polar surface area (TPSA) is 20.2 Å². The van der Waals surface area contributed by atoms with Crippen LogP contribution in [0.4, 0.5) is 13.2 Å². The van der Waals surface area contributed by atoms with Crippen molar-refractivity contribution in [3.63, 3.8) is 0 Å². The number of benzene rings is 2. The average Bonchev–Trinajstić information content (AvgIpc) is 2.34. The van der Waals surface area contributed by atoms with Gasteiger partial charge in [0.1, 0.15) is 0 Å². The van der Waals surface area contributed by atoms with Crippen LogP contribution in [0.1, 0.15) is 5.56 Å². The third kappa shape index (κ3) is 2.41. The van der Waals surface area contributed by atoms with Crippen molar-refractivity contribution in [2.24, 2.45) is 0 Å². The molecule has 2 aromatic carbocycles. The molecule has 0 atom stereocenters. The maximum atomic E-state index is 13.1. The van der Waals surface area contributed by atoms with Crippen molar-refractivity contribution in [3.05, 3.63) is 66.3 Å². The van der Waals surface area contributed by atoms with Crippen molar-refractivity contribution in [2.45, 2.75) is 0 Å². The van der Waals surface area contributed by atoms with E-state index in [1.807, 2.05) is 0 Å². The summed E-state index contributed by atoms with van der Waals surface area (Å²) in [6.45, 7) is 2.46. The standard InChI is InChI=1S/C13H9BF3O/c1-8-3-2-4-9(5-8)14(18)10-6-11(15)13(17)12(16)7-10/h2-7,18H,1H2. The quantitative estimate of drug-likeness (QED) is 0.629. The highest BCUT2D eigenvalue weighted by Gasteiger charge is 2.21. The molecule has 5 heteroatoms. The van der Waals surface area contributed by atoms with Crippen LogP contribution in [0, 0.1) is 24.4 Å². The number of hydrogen-bond donors (Lipinski definition) is 1. The summed E-state index contributed by atoms with van der Waals surface area (Å²) in [5.41, 5.74) is 1.06. The van der Waals surface area contributed by atoms with Gasteiger partial charge in [-0.25, -0.2) is 13.2 Å². The first-order chi connectivity index (χ1) is 8.49. The van der Waals surface area contributed by atoms with Crippen molar-refractivity contribution in [1.29, 1.82) is 0 Å². The first-order valence-corrected chi connectivity index (χ1v) is 5.23. The van der Waals surface area contributed by atoms with E-state index in [0.29, 0.717) is 11.0 Å². The molecule has 18 heavy (non-hydrogen) atoms. The maximum Gasteiger partial charge on any atom is 0.359 e. The van der Waals surface area contributed by atoms with Gasteiger partial charge in [0, 0.05) is 0 Å². The van der Waals surface area contributed by atoms with Gasteiger partial charge in [-0.3, -0.25) is 0 Å². The Morgan fingerprint density at radius 1 is 0.944 bits per heavy atom. The van der Waals surface area contributed by atoms with E-state index in [-0.39, 0.29) is 5.46 Å². The highest BCUT2D eigenvalue weighted by atomic mass is 19.2. The summed E-state index contributed by atoms with van der Waals surface area (Å²) in [6, 6.07) is 8.12. The Balaban J connectivity index is 2.43. The van der Waals surface area contributed by atoms with Gasteiger partial charge in [-0.1, -0.05) is 24.3 Å². The first kappa shape index (κ1) is 12.7. The monoisotopic (exact) mass is 249 g/mol. The second-order valence-electron chi connectivity index (χ2n) is 3.95. The molecule has 0 aromatic heterocycles. The van der Waals surface area contributed by atoms with Gasteiger partial charge in [0.2, 0.25) is 0 Å². The minimum atomic E-state index is -1.54. The fourth-order valence-electron chi connectivity index (χ4n) is 1.69. The predicted molar refractivity (Wildman–Crippen MR) is 64.5 cm³/mol. The van der Waals surface area contributed by atoms with Crippen LogP contribution in [0.3, 0.4) is 0 Å². The molecule has 1 N–H and O–H groups in total. The van der Waals surface area contributed by atoms with E-state index in [1.54, 1.807) is 24.3 Å². The highest BCUT2D eigenvalue weighted by molar-refractivity contribution is 6.78. The summed E-state index contributed by atoms with van der Waals surface area (Å²) in [5.74, 6) is -4.19. The van der Waals surface area contributed by atoms with Crippen molar-refractivity contribution in [3.8, 4) is 0 Å². The molecule has 0 bridgehead atoms. The fourth-order valence-corrected chi connectivity index (χ4v) is 1.69. The number of rotatable bonds is 2. The van der Waals surface area contributed by atoms with Gasteiger partial charge in [0.05, 0.1) is 0 Å². The summed E-state index contributed by atoms with van der Waals surface area (Å²) in [5, 5.41) is 9.97. The zero-order valence-electron chi connectivity index (χ0n) is 9.33. The summed E-state index contributed by atoms with van der Waals surface area (Å²) in [4.78, 5) is 0. The lowest BCUT2D eigenvalue weighted by Crippen LogP contribution is -2.43. The molecule has 0 aliphatic rings. The molecular formula is C13H9BF3O. The average molecular weight is 249 g/mol. The molecular weight excluding hydrogens is 240 g/mol. The Morgan fingerprint density at radius 2 is 1.56 bits per heavy atom. The third-order valence-electron chi connectivity index (χ3n) is 2.59. The van der Waals surface area contributed by atoms with Gasteiger partial charge < -0.3 is 5.02 Å². The largest absolute Gasteiger partial charge is 0.443 e. The molecule has 0 amide bonds. The zero-order valence-corrected chi connectivity index (χ0v) is 9.33. The van der Waals surface area contributed by atoms with Crippen LogP contribution in [0.2, 0.25) is 0 Å². The van der Waals surface area contributed by atoms with Crippen LogP contribution in [-0.4, -0.2) is 11.9 Å². The van der Waals surface area contributed by atoms with E-state index in [1.165, 1.54) is 0 Å². The zero-order chi connectivity index (χ0) is 13.3. The normalized spacial score (nSPS) is 10.5. The van der Waals surface area contributed by atoms with E-state index >= 15 is 0 Å². The Labute approximate surface area is 103 Å². The molecule has 0 saturated carbocycles. The van der Waals surface area contributed by atoms with Crippen molar-refractivity contribution in [1.82, 2.24) is 0 Å². The Hall–Kier alpha value is -1.75. The van der Waals surface area contributed by atoms with Crippen LogP contribution in [0.15, 0.2) is 36.4 Å². The Bertz CT molecular complexity index is 563. The van der Waals surface area contributed by atoms with E-state index in [2.05, 4.69) is 6.92 Å². The van der Waals surface area contributed by atoms with E-state index in [9.17, 15) is 18.2 Å². The molecule has 1 radical (unpaired) electrons. The highest BCUT2D eigenvalue weighted by Crippen LogP contribution is 2.08. The van der Waals surface area contributed by atoms with E-state index in [4.69, 9.17) is 0 Å². The maximum absolute atomic E-state index is 13.1. The molecule has 91 valence electrons.